The smallest absolute Gasteiger partial charge is 0.322 e. The number of rotatable bonds is 4. The fourth-order valence-electron chi connectivity index (χ4n) is 4.34. The van der Waals surface area contributed by atoms with Gasteiger partial charge in [-0.15, -0.1) is 0 Å². The molecule has 26 heavy (non-hydrogen) atoms. The van der Waals surface area contributed by atoms with E-state index in [0.29, 0.717) is 26.1 Å². The lowest BCUT2D eigenvalue weighted by Crippen LogP contribution is -2.65. The zero-order chi connectivity index (χ0) is 18.9. The van der Waals surface area contributed by atoms with Gasteiger partial charge in [-0.25, -0.2) is 0 Å². The quantitative estimate of drug-likeness (QED) is 0.800. The van der Waals surface area contributed by atoms with Gasteiger partial charge in [-0.2, -0.15) is 0 Å². The van der Waals surface area contributed by atoms with Crippen molar-refractivity contribution in [2.24, 2.45) is 5.41 Å². The largest absolute Gasteiger partial charge is 0.480 e. The van der Waals surface area contributed by atoms with Crippen molar-refractivity contribution in [1.82, 2.24) is 10.2 Å². The molecule has 0 unspecified atom stereocenters. The molecule has 3 rings (SSSR count). The summed E-state index contributed by atoms with van der Waals surface area (Å²) in [6.45, 7) is 7.23. The van der Waals surface area contributed by atoms with E-state index >= 15 is 0 Å². The fraction of sp³-hybridized carbons (Fsp3) is 0.600. The van der Waals surface area contributed by atoms with E-state index in [2.05, 4.69) is 5.32 Å². The molecule has 1 aromatic rings. The number of ether oxygens (including phenoxy) is 1. The van der Waals surface area contributed by atoms with Crippen molar-refractivity contribution >= 4 is 11.9 Å². The van der Waals surface area contributed by atoms with Crippen molar-refractivity contribution in [2.75, 3.05) is 13.1 Å². The van der Waals surface area contributed by atoms with Gasteiger partial charge in [0.25, 0.3) is 0 Å². The predicted octanol–water partition coefficient (Wildman–Crippen LogP) is 2.04. The molecule has 0 aliphatic carbocycles. The molecule has 142 valence electrons. The van der Waals surface area contributed by atoms with E-state index in [1.165, 1.54) is 0 Å². The van der Waals surface area contributed by atoms with Crippen molar-refractivity contribution in [3.8, 4) is 0 Å². The second-order valence-electron chi connectivity index (χ2n) is 8.28. The SMILES string of the molecule is CC(C)(C)OC(=O)[C@]12CCN[C@H]1CCN(Cc1ccccc1)[C@H]2C(=O)O. The maximum atomic E-state index is 13.2. The normalized spacial score (nSPS) is 29.2. The van der Waals surface area contributed by atoms with Crippen molar-refractivity contribution < 1.29 is 19.4 Å². The van der Waals surface area contributed by atoms with Crippen LogP contribution in [0.1, 0.15) is 39.2 Å². The van der Waals surface area contributed by atoms with Crippen LogP contribution in [0.2, 0.25) is 0 Å². The second-order valence-corrected chi connectivity index (χ2v) is 8.28. The third-order valence-corrected chi connectivity index (χ3v) is 5.35. The van der Waals surface area contributed by atoms with Gasteiger partial charge >= 0.3 is 11.9 Å². The predicted molar refractivity (Wildman–Crippen MR) is 97.6 cm³/mol. The van der Waals surface area contributed by atoms with Crippen LogP contribution in [0.4, 0.5) is 0 Å². The lowest BCUT2D eigenvalue weighted by molar-refractivity contribution is -0.183. The van der Waals surface area contributed by atoms with Crippen molar-refractivity contribution in [2.45, 2.75) is 57.8 Å². The number of nitrogens with zero attached hydrogens (tertiary/aromatic N) is 1. The lowest BCUT2D eigenvalue weighted by Gasteiger charge is -2.48. The number of fused-ring (bicyclic) bond motifs is 1. The fourth-order valence-corrected chi connectivity index (χ4v) is 4.34. The second kappa shape index (κ2) is 7.00. The molecule has 3 atom stereocenters. The Morgan fingerprint density at radius 1 is 1.31 bits per heavy atom. The van der Waals surface area contributed by atoms with Crippen LogP contribution in [0.5, 0.6) is 0 Å². The Kier molecular flexibility index (Phi) is 5.08. The number of hydrogen-bond acceptors (Lipinski definition) is 5. The molecule has 6 heteroatoms. The Morgan fingerprint density at radius 2 is 2.00 bits per heavy atom. The molecule has 2 heterocycles. The molecule has 0 bridgehead atoms. The Morgan fingerprint density at radius 3 is 2.62 bits per heavy atom. The zero-order valence-corrected chi connectivity index (χ0v) is 15.7. The molecule has 0 aromatic heterocycles. The first-order chi connectivity index (χ1) is 12.2. The zero-order valence-electron chi connectivity index (χ0n) is 15.7. The van der Waals surface area contributed by atoms with Gasteiger partial charge in [0.05, 0.1) is 0 Å². The van der Waals surface area contributed by atoms with Gasteiger partial charge in [0.15, 0.2) is 0 Å². The summed E-state index contributed by atoms with van der Waals surface area (Å²) >= 11 is 0. The van der Waals surface area contributed by atoms with Gasteiger partial charge in [-0.05, 0) is 45.7 Å². The number of likely N-dealkylation sites (tertiary alicyclic amines) is 1. The van der Waals surface area contributed by atoms with E-state index in [1.54, 1.807) is 0 Å². The monoisotopic (exact) mass is 360 g/mol. The van der Waals surface area contributed by atoms with Crippen molar-refractivity contribution in [1.29, 1.82) is 0 Å². The van der Waals surface area contributed by atoms with E-state index in [-0.39, 0.29) is 6.04 Å². The highest BCUT2D eigenvalue weighted by molar-refractivity contribution is 5.88. The van der Waals surface area contributed by atoms with Gasteiger partial charge < -0.3 is 15.2 Å². The summed E-state index contributed by atoms with van der Waals surface area (Å²) in [4.78, 5) is 27.4. The minimum absolute atomic E-state index is 0.162. The Hall–Kier alpha value is -1.92. The first kappa shape index (κ1) is 18.9. The van der Waals surface area contributed by atoms with Crippen molar-refractivity contribution in [3.05, 3.63) is 35.9 Å². The van der Waals surface area contributed by atoms with E-state index in [9.17, 15) is 14.7 Å². The molecule has 2 fully saturated rings. The third-order valence-electron chi connectivity index (χ3n) is 5.35. The maximum Gasteiger partial charge on any atom is 0.322 e. The summed E-state index contributed by atoms with van der Waals surface area (Å²) in [5.74, 6) is -1.36. The molecule has 6 nitrogen and oxygen atoms in total. The van der Waals surface area contributed by atoms with Gasteiger partial charge in [0, 0.05) is 19.1 Å². The molecule has 2 N–H and O–H groups in total. The van der Waals surface area contributed by atoms with Crippen molar-refractivity contribution in [3.63, 3.8) is 0 Å². The molecule has 1 aromatic carbocycles. The van der Waals surface area contributed by atoms with Crippen LogP contribution in [0.3, 0.4) is 0 Å². The first-order valence-electron chi connectivity index (χ1n) is 9.22. The van der Waals surface area contributed by atoms with E-state index in [1.807, 2.05) is 56.0 Å². The number of hydrogen-bond donors (Lipinski definition) is 2. The van der Waals surface area contributed by atoms with Crippen LogP contribution in [0.15, 0.2) is 30.3 Å². The highest BCUT2D eigenvalue weighted by atomic mass is 16.6. The van der Waals surface area contributed by atoms with Crippen LogP contribution in [0.25, 0.3) is 0 Å². The molecule has 2 saturated heterocycles. The average Bonchev–Trinajstić information content (AvgIpc) is 2.98. The molecular formula is C20H28N2O4. The Balaban J connectivity index is 1.95. The maximum absolute atomic E-state index is 13.2. The van der Waals surface area contributed by atoms with Crippen LogP contribution in [-0.4, -0.2) is 52.7 Å². The van der Waals surface area contributed by atoms with Gasteiger partial charge in [-0.3, -0.25) is 14.5 Å². The minimum Gasteiger partial charge on any atom is -0.480 e. The lowest BCUT2D eigenvalue weighted by atomic mass is 9.69. The van der Waals surface area contributed by atoms with Gasteiger partial charge in [-0.1, -0.05) is 30.3 Å². The Labute approximate surface area is 154 Å². The van der Waals surface area contributed by atoms with Crippen LogP contribution in [-0.2, 0) is 20.9 Å². The van der Waals surface area contributed by atoms with E-state index < -0.39 is 29.0 Å². The molecule has 0 amide bonds. The molecule has 0 saturated carbocycles. The number of benzene rings is 1. The molecule has 0 radical (unpaired) electrons. The van der Waals surface area contributed by atoms with Crippen LogP contribution < -0.4 is 5.32 Å². The summed E-state index contributed by atoms with van der Waals surface area (Å²) in [5, 5.41) is 13.4. The number of carboxylic acid groups (broad SMARTS) is 1. The Bertz CT molecular complexity index is 670. The number of nitrogens with one attached hydrogen (secondary N) is 1. The third kappa shape index (κ3) is 3.48. The molecule has 0 spiro atoms. The number of carboxylic acids is 1. The number of esters is 1. The number of carbonyl (C=O) groups excluding carboxylic acids is 1. The van der Waals surface area contributed by atoms with E-state index in [0.717, 1.165) is 12.0 Å². The first-order valence-corrected chi connectivity index (χ1v) is 9.22. The minimum atomic E-state index is -1.05. The molecule has 2 aliphatic rings. The molecule has 2 aliphatic heterocycles. The van der Waals surface area contributed by atoms with Crippen LogP contribution in [0, 0.1) is 5.41 Å². The number of aliphatic carboxylic acids is 1. The highest BCUT2D eigenvalue weighted by Gasteiger charge is 2.62. The topological polar surface area (TPSA) is 78.9 Å². The summed E-state index contributed by atoms with van der Waals surface area (Å²) in [6, 6.07) is 8.73. The van der Waals surface area contributed by atoms with E-state index in [4.69, 9.17) is 4.74 Å². The summed E-state index contributed by atoms with van der Waals surface area (Å²) in [6.07, 6.45) is 1.21. The summed E-state index contributed by atoms with van der Waals surface area (Å²) in [5.41, 5.74) is -0.655. The standard InChI is InChI=1S/C20H28N2O4/c1-19(2,3)26-18(25)20-10-11-21-15(20)9-12-22(16(20)17(23)24)13-14-7-5-4-6-8-14/h4-8,15-16,21H,9-13H2,1-3H3,(H,23,24)/t15-,16-,20+/m0/s1. The van der Waals surface area contributed by atoms with Gasteiger partial charge in [0.1, 0.15) is 17.1 Å². The van der Waals surface area contributed by atoms with Gasteiger partial charge in [0.2, 0.25) is 0 Å². The summed E-state index contributed by atoms with van der Waals surface area (Å²) < 4.78 is 5.69. The van der Waals surface area contributed by atoms with Crippen LogP contribution >= 0.6 is 0 Å². The number of piperidine rings is 1. The highest BCUT2D eigenvalue weighted by Crippen LogP contribution is 2.45. The number of carbonyl (C=O) groups is 2. The summed E-state index contributed by atoms with van der Waals surface area (Å²) in [7, 11) is 0. The molecular weight excluding hydrogens is 332 g/mol. The average molecular weight is 360 g/mol.